The third-order valence-corrected chi connectivity index (χ3v) is 4.67. The molecule has 0 aromatic rings. The topological polar surface area (TPSA) is 44.7 Å². The maximum Gasteiger partial charge on any atom is 0.0628 e. The SMILES string of the molecule is CCCNC(CO)(CN1CCOCC1CC)C1CC1. The number of nitrogens with one attached hydrogen (secondary N) is 1. The zero-order valence-corrected chi connectivity index (χ0v) is 12.5. The summed E-state index contributed by atoms with van der Waals surface area (Å²) in [4.78, 5) is 2.53. The van der Waals surface area contributed by atoms with Crippen LogP contribution in [0.2, 0.25) is 0 Å². The number of morpholine rings is 1. The molecule has 2 aliphatic rings. The molecule has 2 atom stereocenters. The first-order chi connectivity index (χ1) is 9.25. The summed E-state index contributed by atoms with van der Waals surface area (Å²) in [7, 11) is 0. The summed E-state index contributed by atoms with van der Waals surface area (Å²) in [5, 5.41) is 13.6. The first kappa shape index (κ1) is 15.2. The Morgan fingerprint density at radius 2 is 2.16 bits per heavy atom. The lowest BCUT2D eigenvalue weighted by Gasteiger charge is -2.43. The Bertz CT molecular complexity index is 271. The van der Waals surface area contributed by atoms with E-state index in [0.717, 1.165) is 45.7 Å². The molecule has 1 saturated carbocycles. The standard InChI is InChI=1S/C15H30N2O2/c1-3-7-16-15(12-18,13-5-6-13)11-17-8-9-19-10-14(17)4-2/h13-14,16,18H,3-12H2,1-2H3. The Morgan fingerprint density at radius 3 is 2.74 bits per heavy atom. The van der Waals surface area contributed by atoms with E-state index in [1.54, 1.807) is 0 Å². The number of aliphatic hydroxyl groups is 1. The lowest BCUT2D eigenvalue weighted by atomic mass is 9.92. The fourth-order valence-corrected chi connectivity index (χ4v) is 3.21. The smallest absolute Gasteiger partial charge is 0.0628 e. The van der Waals surface area contributed by atoms with Crippen LogP contribution in [0.25, 0.3) is 0 Å². The van der Waals surface area contributed by atoms with Gasteiger partial charge in [-0.3, -0.25) is 4.90 Å². The molecule has 2 fully saturated rings. The highest BCUT2D eigenvalue weighted by Gasteiger charge is 2.46. The van der Waals surface area contributed by atoms with Crippen molar-refractivity contribution in [3.8, 4) is 0 Å². The Labute approximate surface area is 117 Å². The Balaban J connectivity index is 2.01. The van der Waals surface area contributed by atoms with Crippen LogP contribution >= 0.6 is 0 Å². The minimum absolute atomic E-state index is 0.0826. The summed E-state index contributed by atoms with van der Waals surface area (Å²) in [6.45, 7) is 9.31. The average molecular weight is 270 g/mol. The molecule has 0 aromatic carbocycles. The van der Waals surface area contributed by atoms with E-state index in [-0.39, 0.29) is 12.1 Å². The van der Waals surface area contributed by atoms with E-state index < -0.39 is 0 Å². The predicted octanol–water partition coefficient (Wildman–Crippen LogP) is 1.24. The van der Waals surface area contributed by atoms with E-state index >= 15 is 0 Å². The van der Waals surface area contributed by atoms with Crippen LogP contribution in [0.1, 0.15) is 39.5 Å². The van der Waals surface area contributed by atoms with Crippen molar-refractivity contribution in [3.63, 3.8) is 0 Å². The molecular weight excluding hydrogens is 240 g/mol. The largest absolute Gasteiger partial charge is 0.394 e. The van der Waals surface area contributed by atoms with E-state index in [9.17, 15) is 5.11 Å². The maximum atomic E-state index is 9.98. The van der Waals surface area contributed by atoms with Gasteiger partial charge < -0.3 is 15.2 Å². The van der Waals surface area contributed by atoms with Gasteiger partial charge in [0.2, 0.25) is 0 Å². The van der Waals surface area contributed by atoms with Gasteiger partial charge in [-0.15, -0.1) is 0 Å². The van der Waals surface area contributed by atoms with Gasteiger partial charge >= 0.3 is 0 Å². The van der Waals surface area contributed by atoms with Crippen molar-refractivity contribution in [2.24, 2.45) is 5.92 Å². The molecule has 1 heterocycles. The zero-order chi connectivity index (χ0) is 13.7. The second-order valence-electron chi connectivity index (χ2n) is 6.12. The van der Waals surface area contributed by atoms with Gasteiger partial charge in [0.05, 0.1) is 25.4 Å². The number of rotatable bonds is 8. The highest BCUT2D eigenvalue weighted by atomic mass is 16.5. The van der Waals surface area contributed by atoms with Crippen molar-refractivity contribution in [1.82, 2.24) is 10.2 Å². The molecule has 2 N–H and O–H groups in total. The number of hydrogen-bond acceptors (Lipinski definition) is 4. The van der Waals surface area contributed by atoms with Crippen molar-refractivity contribution in [3.05, 3.63) is 0 Å². The van der Waals surface area contributed by atoms with E-state index in [4.69, 9.17) is 4.74 Å². The molecule has 0 amide bonds. The Hall–Kier alpha value is -0.160. The molecule has 1 aliphatic carbocycles. The summed E-state index contributed by atoms with van der Waals surface area (Å²) in [6, 6.07) is 0.516. The predicted molar refractivity (Wildman–Crippen MR) is 77.3 cm³/mol. The zero-order valence-electron chi connectivity index (χ0n) is 12.5. The van der Waals surface area contributed by atoms with E-state index in [2.05, 4.69) is 24.1 Å². The molecule has 4 nitrogen and oxygen atoms in total. The van der Waals surface area contributed by atoms with Gasteiger partial charge in [-0.2, -0.15) is 0 Å². The van der Waals surface area contributed by atoms with Crippen molar-refractivity contribution < 1.29 is 9.84 Å². The molecule has 0 spiro atoms. The lowest BCUT2D eigenvalue weighted by Crippen LogP contribution is -2.61. The number of hydrogen-bond donors (Lipinski definition) is 2. The molecule has 1 saturated heterocycles. The summed E-state index contributed by atoms with van der Waals surface area (Å²) in [5.74, 6) is 0.657. The molecule has 1 aliphatic heterocycles. The number of nitrogens with zero attached hydrogens (tertiary/aromatic N) is 1. The second-order valence-corrected chi connectivity index (χ2v) is 6.12. The van der Waals surface area contributed by atoms with Crippen LogP contribution in [-0.2, 0) is 4.74 Å². The first-order valence-electron chi connectivity index (χ1n) is 7.93. The Morgan fingerprint density at radius 1 is 1.37 bits per heavy atom. The van der Waals surface area contributed by atoms with Crippen LogP contribution < -0.4 is 5.32 Å². The fraction of sp³-hybridized carbons (Fsp3) is 1.00. The van der Waals surface area contributed by atoms with Crippen molar-refractivity contribution >= 4 is 0 Å². The Kier molecular flexibility index (Phi) is 5.63. The summed E-state index contributed by atoms with van der Waals surface area (Å²) >= 11 is 0. The van der Waals surface area contributed by atoms with Gasteiger partial charge in [0.1, 0.15) is 0 Å². The molecule has 0 bridgehead atoms. The first-order valence-corrected chi connectivity index (χ1v) is 7.93. The molecular formula is C15H30N2O2. The van der Waals surface area contributed by atoms with Crippen LogP contribution in [0, 0.1) is 5.92 Å². The van der Waals surface area contributed by atoms with Crippen molar-refractivity contribution in [1.29, 1.82) is 0 Å². The lowest BCUT2D eigenvalue weighted by molar-refractivity contribution is -0.0310. The van der Waals surface area contributed by atoms with Gasteiger partial charge in [-0.1, -0.05) is 13.8 Å². The highest BCUT2D eigenvalue weighted by Crippen LogP contribution is 2.40. The third kappa shape index (κ3) is 3.69. The monoisotopic (exact) mass is 270 g/mol. The van der Waals surface area contributed by atoms with Crippen LogP contribution in [0.5, 0.6) is 0 Å². The second kappa shape index (κ2) is 7.02. The molecule has 19 heavy (non-hydrogen) atoms. The van der Waals surface area contributed by atoms with Crippen LogP contribution in [0.4, 0.5) is 0 Å². The quantitative estimate of drug-likeness (QED) is 0.696. The minimum Gasteiger partial charge on any atom is -0.394 e. The van der Waals surface area contributed by atoms with Crippen LogP contribution in [-0.4, -0.2) is 61.0 Å². The molecule has 2 unspecified atom stereocenters. The number of ether oxygens (including phenoxy) is 1. The van der Waals surface area contributed by atoms with Gasteiger partial charge in [0.15, 0.2) is 0 Å². The molecule has 112 valence electrons. The summed E-state index contributed by atoms with van der Waals surface area (Å²) < 4.78 is 5.58. The van der Waals surface area contributed by atoms with Crippen molar-refractivity contribution in [2.45, 2.75) is 51.1 Å². The van der Waals surface area contributed by atoms with Gasteiger partial charge in [0, 0.05) is 19.1 Å². The van der Waals surface area contributed by atoms with Crippen LogP contribution in [0.3, 0.4) is 0 Å². The van der Waals surface area contributed by atoms with E-state index in [0.29, 0.717) is 12.0 Å². The van der Waals surface area contributed by atoms with Gasteiger partial charge in [-0.05, 0) is 38.1 Å². The van der Waals surface area contributed by atoms with Crippen molar-refractivity contribution in [2.75, 3.05) is 39.5 Å². The van der Waals surface area contributed by atoms with Gasteiger partial charge in [0.25, 0.3) is 0 Å². The molecule has 0 aromatic heterocycles. The van der Waals surface area contributed by atoms with Gasteiger partial charge in [-0.25, -0.2) is 0 Å². The summed E-state index contributed by atoms with van der Waals surface area (Å²) in [5.41, 5.74) is -0.0826. The number of aliphatic hydroxyl groups excluding tert-OH is 1. The van der Waals surface area contributed by atoms with E-state index in [1.807, 2.05) is 0 Å². The molecule has 0 radical (unpaired) electrons. The molecule has 2 rings (SSSR count). The van der Waals surface area contributed by atoms with E-state index in [1.165, 1.54) is 12.8 Å². The summed E-state index contributed by atoms with van der Waals surface area (Å²) in [6.07, 6.45) is 4.77. The average Bonchev–Trinajstić information content (AvgIpc) is 3.29. The fourth-order valence-electron chi connectivity index (χ4n) is 3.21. The highest BCUT2D eigenvalue weighted by molar-refractivity contribution is 5.03. The molecule has 4 heteroatoms. The maximum absolute atomic E-state index is 9.98. The van der Waals surface area contributed by atoms with Crippen LogP contribution in [0.15, 0.2) is 0 Å². The normalized spacial score (nSPS) is 28.3. The minimum atomic E-state index is -0.0826. The third-order valence-electron chi connectivity index (χ3n) is 4.67.